The lowest BCUT2D eigenvalue weighted by Gasteiger charge is -2.12. The van der Waals surface area contributed by atoms with Crippen molar-refractivity contribution < 1.29 is 10.0 Å². The molecule has 0 aliphatic heterocycles. The number of nitrogens with one attached hydrogen (secondary N) is 1. The topological polar surface area (TPSA) is 70.4 Å². The summed E-state index contributed by atoms with van der Waals surface area (Å²) in [5.41, 5.74) is 5.83. The first kappa shape index (κ1) is 21.7. The molecular formula is C24H30N4O2. The Morgan fingerprint density at radius 3 is 2.67 bits per heavy atom. The lowest BCUT2D eigenvalue weighted by Crippen LogP contribution is -2.14. The number of hydrogen-bond acceptors (Lipinski definition) is 4. The molecule has 2 N–H and O–H groups in total. The number of carbonyl (C=O) groups is 1. The Labute approximate surface area is 177 Å². The van der Waals surface area contributed by atoms with E-state index in [0.717, 1.165) is 61.2 Å². The van der Waals surface area contributed by atoms with Crippen LogP contribution in [0.5, 0.6) is 0 Å². The minimum atomic E-state index is -0.551. The van der Waals surface area contributed by atoms with Gasteiger partial charge >= 0.3 is 0 Å². The molecule has 1 heterocycles. The van der Waals surface area contributed by atoms with Gasteiger partial charge in [-0.25, -0.2) is 10.5 Å². The molecule has 0 saturated carbocycles. The number of imidazole rings is 1. The molecule has 0 saturated heterocycles. The van der Waals surface area contributed by atoms with Crippen molar-refractivity contribution in [2.24, 2.45) is 0 Å². The summed E-state index contributed by atoms with van der Waals surface area (Å²) in [6, 6.07) is 16.5. The van der Waals surface area contributed by atoms with Crippen LogP contribution in [0.3, 0.4) is 0 Å². The minimum absolute atomic E-state index is 0.551. The third-order valence-corrected chi connectivity index (χ3v) is 5.11. The van der Waals surface area contributed by atoms with E-state index >= 15 is 0 Å². The highest BCUT2D eigenvalue weighted by atomic mass is 16.5. The molecule has 0 aliphatic carbocycles. The number of hydroxylamine groups is 1. The molecule has 6 nitrogen and oxygen atoms in total. The highest BCUT2D eigenvalue weighted by Crippen LogP contribution is 2.21. The van der Waals surface area contributed by atoms with E-state index in [1.54, 1.807) is 11.6 Å². The normalized spacial score (nSPS) is 11.6. The molecule has 0 atom stereocenters. The predicted molar refractivity (Wildman–Crippen MR) is 120 cm³/mol. The van der Waals surface area contributed by atoms with Crippen LogP contribution >= 0.6 is 0 Å². The van der Waals surface area contributed by atoms with E-state index in [2.05, 4.69) is 53.9 Å². The van der Waals surface area contributed by atoms with Gasteiger partial charge in [0, 0.05) is 19.0 Å². The van der Waals surface area contributed by atoms with Crippen LogP contribution in [-0.4, -0.2) is 46.2 Å². The van der Waals surface area contributed by atoms with Gasteiger partial charge in [-0.15, -0.1) is 0 Å². The van der Waals surface area contributed by atoms with E-state index in [0.29, 0.717) is 0 Å². The summed E-state index contributed by atoms with van der Waals surface area (Å²) in [5, 5.41) is 8.64. The summed E-state index contributed by atoms with van der Waals surface area (Å²) in [6.45, 7) is 2.02. The van der Waals surface area contributed by atoms with Crippen molar-refractivity contribution in [1.82, 2.24) is 19.9 Å². The second kappa shape index (κ2) is 10.7. The van der Waals surface area contributed by atoms with E-state index in [1.807, 2.05) is 18.2 Å². The van der Waals surface area contributed by atoms with Gasteiger partial charge < -0.3 is 9.47 Å². The van der Waals surface area contributed by atoms with Gasteiger partial charge in [-0.2, -0.15) is 0 Å². The molecule has 0 aliphatic rings. The van der Waals surface area contributed by atoms with Gasteiger partial charge in [0.1, 0.15) is 5.82 Å². The van der Waals surface area contributed by atoms with Crippen LogP contribution in [-0.2, 0) is 24.2 Å². The van der Waals surface area contributed by atoms with E-state index in [1.165, 1.54) is 11.6 Å². The maximum atomic E-state index is 11.3. The second-order valence-electron chi connectivity index (χ2n) is 7.73. The maximum Gasteiger partial charge on any atom is 0.267 e. The first-order valence-corrected chi connectivity index (χ1v) is 10.4. The number of carbonyl (C=O) groups excluding carboxylic acids is 1. The third-order valence-electron chi connectivity index (χ3n) is 5.11. The number of unbranched alkanes of at least 4 members (excludes halogenated alkanes) is 1. The van der Waals surface area contributed by atoms with Gasteiger partial charge in [0.15, 0.2) is 0 Å². The van der Waals surface area contributed by atoms with Gasteiger partial charge in [0.25, 0.3) is 5.91 Å². The van der Waals surface area contributed by atoms with E-state index in [4.69, 9.17) is 10.2 Å². The van der Waals surface area contributed by atoms with Crippen molar-refractivity contribution in [2.75, 3.05) is 20.6 Å². The quantitative estimate of drug-likeness (QED) is 0.233. The number of amides is 1. The lowest BCUT2D eigenvalue weighted by molar-refractivity contribution is -0.124. The fraction of sp³-hybridized carbons (Fsp3) is 0.333. The molecule has 3 aromatic rings. The number of benzene rings is 2. The Morgan fingerprint density at radius 1 is 1.13 bits per heavy atom. The van der Waals surface area contributed by atoms with Crippen LogP contribution in [0.4, 0.5) is 0 Å². The Bertz CT molecular complexity index is 993. The molecule has 2 aromatic carbocycles. The summed E-state index contributed by atoms with van der Waals surface area (Å²) < 4.78 is 2.34. The summed E-state index contributed by atoms with van der Waals surface area (Å²) in [7, 11) is 4.20. The van der Waals surface area contributed by atoms with Gasteiger partial charge in [-0.05, 0) is 69.2 Å². The number of fused-ring (bicyclic) bond motifs is 1. The van der Waals surface area contributed by atoms with Crippen LogP contribution in [0.1, 0.15) is 29.8 Å². The van der Waals surface area contributed by atoms with Crippen LogP contribution in [0.15, 0.2) is 54.6 Å². The highest BCUT2D eigenvalue weighted by Gasteiger charge is 2.11. The van der Waals surface area contributed by atoms with Crippen molar-refractivity contribution in [3.8, 4) is 0 Å². The molecule has 1 amide bonds. The summed E-state index contributed by atoms with van der Waals surface area (Å²) >= 11 is 0. The monoisotopic (exact) mass is 406 g/mol. The Hall–Kier alpha value is -2.96. The molecule has 0 bridgehead atoms. The summed E-state index contributed by atoms with van der Waals surface area (Å²) in [5.74, 6) is 0.540. The van der Waals surface area contributed by atoms with Crippen LogP contribution in [0.25, 0.3) is 17.1 Å². The standard InChI is InChI=1S/C24H30N4O2/c1-27(2)16-6-7-17-28-22-13-10-20(12-15-24(29)26-30)18-21(22)25-23(28)14-11-19-8-4-3-5-9-19/h3-5,8-10,12-13,15,18,30H,6-7,11,14,16-17H2,1-2H3,(H,26,29). The number of rotatable bonds is 10. The average molecular weight is 407 g/mol. The smallest absolute Gasteiger partial charge is 0.267 e. The Balaban J connectivity index is 1.83. The maximum absolute atomic E-state index is 11.3. The first-order chi connectivity index (χ1) is 14.6. The fourth-order valence-electron chi connectivity index (χ4n) is 3.55. The molecule has 0 fully saturated rings. The molecule has 158 valence electrons. The zero-order valence-corrected chi connectivity index (χ0v) is 17.7. The van der Waals surface area contributed by atoms with Gasteiger partial charge in [0.2, 0.25) is 0 Å². The first-order valence-electron chi connectivity index (χ1n) is 10.4. The molecule has 0 spiro atoms. The van der Waals surface area contributed by atoms with E-state index in [9.17, 15) is 4.79 Å². The van der Waals surface area contributed by atoms with E-state index in [-0.39, 0.29) is 0 Å². The third kappa shape index (κ3) is 6.02. The SMILES string of the molecule is CN(C)CCCCn1c(CCc2ccccc2)nc2cc(C=CC(=O)NO)ccc21. The molecular weight excluding hydrogens is 376 g/mol. The molecule has 0 unspecified atom stereocenters. The molecule has 0 radical (unpaired) electrons. The van der Waals surface area contributed by atoms with Crippen molar-refractivity contribution in [2.45, 2.75) is 32.2 Å². The van der Waals surface area contributed by atoms with Crippen LogP contribution in [0.2, 0.25) is 0 Å². The van der Waals surface area contributed by atoms with Crippen LogP contribution in [0, 0.1) is 0 Å². The molecule has 3 rings (SSSR count). The highest BCUT2D eigenvalue weighted by molar-refractivity contribution is 5.91. The van der Waals surface area contributed by atoms with Crippen molar-refractivity contribution in [3.05, 3.63) is 71.6 Å². The zero-order valence-electron chi connectivity index (χ0n) is 17.7. The number of nitrogens with zero attached hydrogens (tertiary/aromatic N) is 3. The minimum Gasteiger partial charge on any atom is -0.328 e. The molecule has 1 aromatic heterocycles. The molecule has 30 heavy (non-hydrogen) atoms. The van der Waals surface area contributed by atoms with E-state index < -0.39 is 5.91 Å². The second-order valence-corrected chi connectivity index (χ2v) is 7.73. The van der Waals surface area contributed by atoms with Crippen molar-refractivity contribution >= 4 is 23.0 Å². The predicted octanol–water partition coefficient (Wildman–Crippen LogP) is 3.68. The van der Waals surface area contributed by atoms with Crippen molar-refractivity contribution in [1.29, 1.82) is 0 Å². The van der Waals surface area contributed by atoms with Crippen molar-refractivity contribution in [3.63, 3.8) is 0 Å². The van der Waals surface area contributed by atoms with Gasteiger partial charge in [-0.3, -0.25) is 10.0 Å². The van der Waals surface area contributed by atoms with Crippen LogP contribution < -0.4 is 5.48 Å². The lowest BCUT2D eigenvalue weighted by atomic mass is 10.1. The molecule has 6 heteroatoms. The zero-order chi connectivity index (χ0) is 21.3. The average Bonchev–Trinajstić information content (AvgIpc) is 3.10. The number of aromatic nitrogens is 2. The summed E-state index contributed by atoms with van der Waals surface area (Å²) in [6.07, 6.45) is 7.04. The van der Waals surface area contributed by atoms with Gasteiger partial charge in [-0.1, -0.05) is 36.4 Å². The van der Waals surface area contributed by atoms with Gasteiger partial charge in [0.05, 0.1) is 11.0 Å². The summed E-state index contributed by atoms with van der Waals surface area (Å²) in [4.78, 5) is 18.4. The Kier molecular flexibility index (Phi) is 7.76. The number of aryl methyl sites for hydroxylation is 3. The largest absolute Gasteiger partial charge is 0.328 e. The number of hydrogen-bond donors (Lipinski definition) is 2. The Morgan fingerprint density at radius 2 is 1.93 bits per heavy atom. The fourth-order valence-corrected chi connectivity index (χ4v) is 3.55.